The largest absolute Gasteiger partial charge is 0.347 e. The van der Waals surface area contributed by atoms with E-state index >= 15 is 0 Å². The van der Waals surface area contributed by atoms with Gasteiger partial charge in [-0.3, -0.25) is 14.2 Å². The molecule has 1 aliphatic carbocycles. The van der Waals surface area contributed by atoms with Crippen LogP contribution in [-0.4, -0.2) is 43.8 Å². The smallest absolute Gasteiger partial charge is 0.263 e. The van der Waals surface area contributed by atoms with Crippen LogP contribution in [0.5, 0.6) is 0 Å². The quantitative estimate of drug-likeness (QED) is 0.162. The second kappa shape index (κ2) is 14.2. The Morgan fingerprint density at radius 2 is 1.44 bits per heavy atom. The number of rotatable bonds is 9. The Labute approximate surface area is 302 Å². The van der Waals surface area contributed by atoms with Gasteiger partial charge in [-0.05, 0) is 97.0 Å². The molecule has 11 nitrogen and oxygen atoms in total. The zero-order valence-electron chi connectivity index (χ0n) is 26.5. The zero-order chi connectivity index (χ0) is 34.9. The lowest BCUT2D eigenvalue weighted by atomic mass is 10.1. The fraction of sp³-hybridized carbons (Fsp3) is 0.206. The molecule has 0 saturated carbocycles. The lowest BCUT2D eigenvalue weighted by Crippen LogP contribution is -2.29. The number of anilines is 3. The van der Waals surface area contributed by atoms with Gasteiger partial charge in [0.2, 0.25) is 5.91 Å². The van der Waals surface area contributed by atoms with E-state index in [4.69, 9.17) is 11.6 Å². The van der Waals surface area contributed by atoms with Crippen LogP contribution in [0.2, 0.25) is 5.02 Å². The van der Waals surface area contributed by atoms with Crippen LogP contribution in [0.1, 0.15) is 29.5 Å². The number of aromatic nitrogens is 3. The standard InChI is InChI=1S/C22H19ClN4O3S2.C12H12N2O2S2/c23-17-1-3-19-15(13-17)5-9-26(19)10-7-21(28)27-11-6-16-14-18(2-4-20(16)27)32(29,30)25-22-24-8-12-31-22;15-18(16,14-12-13-6-7-17-12)11-5-4-9-2-1-3-10(9)8-11/h1-5,8-9,12-14H,6-7,10-11H2,(H,24,25);4-8H,1-3H2,(H,13,14). The number of fused-ring (bicyclic) bond motifs is 3. The van der Waals surface area contributed by atoms with E-state index in [9.17, 15) is 21.6 Å². The SMILES string of the molecule is O=C(CCn1ccc2cc(Cl)ccc21)N1CCc2cc(S(=O)(=O)Nc3nccs3)ccc21.O=S(=O)(Nc1nccs1)c1ccc2c(c1)CCC2. The molecular formula is C34H31ClN6O5S4. The maximum Gasteiger partial charge on any atom is 0.263 e. The summed E-state index contributed by atoms with van der Waals surface area (Å²) >= 11 is 8.54. The van der Waals surface area contributed by atoms with Crippen LogP contribution < -0.4 is 14.3 Å². The fourth-order valence-corrected chi connectivity index (χ4v) is 9.99. The van der Waals surface area contributed by atoms with Gasteiger partial charge in [0.1, 0.15) is 0 Å². The number of amides is 1. The van der Waals surface area contributed by atoms with E-state index in [0.29, 0.717) is 46.1 Å². The van der Waals surface area contributed by atoms with E-state index in [0.717, 1.165) is 47.0 Å². The summed E-state index contributed by atoms with van der Waals surface area (Å²) in [5.41, 5.74) is 5.07. The Hall–Kier alpha value is -4.28. The van der Waals surface area contributed by atoms with Crippen molar-refractivity contribution < 1.29 is 21.6 Å². The number of nitrogens with zero attached hydrogens (tertiary/aromatic N) is 4. The maximum atomic E-state index is 12.9. The van der Waals surface area contributed by atoms with Gasteiger partial charge in [-0.15, -0.1) is 22.7 Å². The number of hydrogen-bond donors (Lipinski definition) is 2. The van der Waals surface area contributed by atoms with Crippen LogP contribution in [0.3, 0.4) is 0 Å². The van der Waals surface area contributed by atoms with Crippen LogP contribution >= 0.6 is 34.3 Å². The van der Waals surface area contributed by atoms with E-state index in [1.54, 1.807) is 52.3 Å². The molecule has 0 saturated heterocycles. The fourth-order valence-electron chi connectivity index (χ4n) is 6.13. The molecule has 0 fully saturated rings. The normalized spacial score (nSPS) is 13.8. The second-order valence-electron chi connectivity index (χ2n) is 11.7. The minimum Gasteiger partial charge on any atom is -0.347 e. The molecule has 6 aromatic rings. The number of nitrogens with one attached hydrogen (secondary N) is 2. The van der Waals surface area contributed by atoms with Gasteiger partial charge in [0.05, 0.1) is 9.79 Å². The summed E-state index contributed by atoms with van der Waals surface area (Å²) in [5.74, 6) is 0.0103. The molecule has 0 spiro atoms. The Bertz CT molecular complexity index is 2400. The summed E-state index contributed by atoms with van der Waals surface area (Å²) in [6.45, 7) is 1.10. The monoisotopic (exact) mass is 766 g/mol. The molecule has 16 heteroatoms. The van der Waals surface area contributed by atoms with Crippen molar-refractivity contribution in [1.29, 1.82) is 0 Å². The molecule has 258 valence electrons. The Morgan fingerprint density at radius 3 is 2.12 bits per heavy atom. The van der Waals surface area contributed by atoms with E-state index in [2.05, 4.69) is 19.4 Å². The number of thiazole rings is 2. The molecule has 2 aliphatic rings. The summed E-state index contributed by atoms with van der Waals surface area (Å²) in [7, 11) is -7.23. The highest BCUT2D eigenvalue weighted by atomic mass is 35.5. The van der Waals surface area contributed by atoms with E-state index in [-0.39, 0.29) is 10.8 Å². The second-order valence-corrected chi connectivity index (χ2v) is 17.3. The predicted molar refractivity (Wildman–Crippen MR) is 198 cm³/mol. The van der Waals surface area contributed by atoms with Crippen LogP contribution in [0, 0.1) is 0 Å². The van der Waals surface area contributed by atoms with Crippen LogP contribution in [0.15, 0.2) is 99.8 Å². The molecule has 3 aromatic heterocycles. The first-order valence-electron chi connectivity index (χ1n) is 15.7. The van der Waals surface area contributed by atoms with Crippen molar-refractivity contribution in [1.82, 2.24) is 14.5 Å². The van der Waals surface area contributed by atoms with Crippen LogP contribution in [0.4, 0.5) is 16.0 Å². The number of sulfonamides is 2. The van der Waals surface area contributed by atoms with Crippen molar-refractivity contribution in [2.75, 3.05) is 20.9 Å². The summed E-state index contributed by atoms with van der Waals surface area (Å²) in [4.78, 5) is 23.1. The molecule has 0 unspecified atom stereocenters. The van der Waals surface area contributed by atoms with Crippen molar-refractivity contribution in [2.24, 2.45) is 0 Å². The molecule has 0 radical (unpaired) electrons. The van der Waals surface area contributed by atoms with Crippen molar-refractivity contribution in [3.63, 3.8) is 0 Å². The van der Waals surface area contributed by atoms with Crippen molar-refractivity contribution in [2.45, 2.75) is 48.4 Å². The average molecular weight is 767 g/mol. The first-order chi connectivity index (χ1) is 24.1. The summed E-state index contributed by atoms with van der Waals surface area (Å²) in [6.07, 6.45) is 9.17. The number of carbonyl (C=O) groups excluding carboxylic acids is 1. The van der Waals surface area contributed by atoms with Gasteiger partial charge in [-0.2, -0.15) is 0 Å². The summed E-state index contributed by atoms with van der Waals surface area (Å²) in [6, 6.07) is 17.9. The molecule has 4 heterocycles. The van der Waals surface area contributed by atoms with Gasteiger partial charge >= 0.3 is 0 Å². The molecular weight excluding hydrogens is 736 g/mol. The van der Waals surface area contributed by atoms with Crippen LogP contribution in [-0.2, 0) is 50.6 Å². The maximum absolute atomic E-state index is 12.9. The highest BCUT2D eigenvalue weighted by molar-refractivity contribution is 7.93. The van der Waals surface area contributed by atoms with Gasteiger partial charge in [0.25, 0.3) is 20.0 Å². The molecule has 8 rings (SSSR count). The number of benzene rings is 3. The van der Waals surface area contributed by atoms with Crippen molar-refractivity contribution in [3.05, 3.63) is 112 Å². The molecule has 0 bridgehead atoms. The highest BCUT2D eigenvalue weighted by Gasteiger charge is 2.27. The summed E-state index contributed by atoms with van der Waals surface area (Å²) < 4.78 is 56.6. The first-order valence-corrected chi connectivity index (χ1v) is 20.8. The molecule has 50 heavy (non-hydrogen) atoms. The Kier molecular flexibility index (Phi) is 9.67. The topological polar surface area (TPSA) is 143 Å². The lowest BCUT2D eigenvalue weighted by Gasteiger charge is -2.18. The van der Waals surface area contributed by atoms with E-state index < -0.39 is 20.0 Å². The number of aryl methyl sites for hydroxylation is 3. The molecule has 0 atom stereocenters. The summed E-state index contributed by atoms with van der Waals surface area (Å²) in [5, 5.41) is 5.88. The van der Waals surface area contributed by atoms with E-state index in [1.165, 1.54) is 34.3 Å². The minimum atomic E-state index is -3.72. The minimum absolute atomic E-state index is 0.0103. The first kappa shape index (κ1) is 34.2. The van der Waals surface area contributed by atoms with Gasteiger partial charge in [0.15, 0.2) is 10.3 Å². The number of hydrogen-bond acceptors (Lipinski definition) is 9. The van der Waals surface area contributed by atoms with Crippen molar-refractivity contribution >= 4 is 87.1 Å². The lowest BCUT2D eigenvalue weighted by molar-refractivity contribution is -0.118. The Morgan fingerprint density at radius 1 is 0.780 bits per heavy atom. The van der Waals surface area contributed by atoms with Gasteiger partial charge in [-0.1, -0.05) is 17.7 Å². The van der Waals surface area contributed by atoms with Crippen LogP contribution in [0.25, 0.3) is 10.9 Å². The molecule has 1 amide bonds. The molecule has 3 aromatic carbocycles. The Balaban J connectivity index is 0.000000184. The third-order valence-electron chi connectivity index (χ3n) is 8.55. The number of carbonyl (C=O) groups is 1. The van der Waals surface area contributed by atoms with Gasteiger partial charge < -0.3 is 9.47 Å². The van der Waals surface area contributed by atoms with Gasteiger partial charge in [0, 0.05) is 70.5 Å². The average Bonchev–Trinajstić information content (AvgIpc) is 3.94. The third kappa shape index (κ3) is 7.42. The third-order valence-corrected chi connectivity index (χ3v) is 13.1. The highest BCUT2D eigenvalue weighted by Crippen LogP contribution is 2.32. The zero-order valence-corrected chi connectivity index (χ0v) is 30.5. The van der Waals surface area contributed by atoms with E-state index in [1.807, 2.05) is 41.1 Å². The van der Waals surface area contributed by atoms with Gasteiger partial charge in [-0.25, -0.2) is 26.8 Å². The van der Waals surface area contributed by atoms with Crippen molar-refractivity contribution in [3.8, 4) is 0 Å². The molecule has 2 N–H and O–H groups in total. The predicted octanol–water partition coefficient (Wildman–Crippen LogP) is 6.96. The number of halogens is 1. The molecule has 1 aliphatic heterocycles.